The second-order valence-corrected chi connectivity index (χ2v) is 7.41. The van der Waals surface area contributed by atoms with Crippen LogP contribution in [0.4, 0.5) is 4.79 Å². The average Bonchev–Trinajstić information content (AvgIpc) is 2.73. The highest BCUT2D eigenvalue weighted by Gasteiger charge is 2.21. The smallest absolute Gasteiger partial charge is 0.410 e. The normalized spacial score (nSPS) is 15.2. The van der Waals surface area contributed by atoms with Crippen molar-refractivity contribution >= 4 is 11.9 Å². The fourth-order valence-corrected chi connectivity index (χ4v) is 2.76. The highest BCUT2D eigenvalue weighted by Crippen LogP contribution is 2.26. The van der Waals surface area contributed by atoms with Gasteiger partial charge in [0.05, 0.1) is 11.2 Å². The Balaban J connectivity index is 2.79. The van der Waals surface area contributed by atoms with E-state index in [1.807, 2.05) is 13.0 Å². The first kappa shape index (κ1) is 21.2. The summed E-state index contributed by atoms with van der Waals surface area (Å²) in [5.74, 6) is -1.09. The number of methoxy groups -OCH3 is 1. The lowest BCUT2D eigenvalue weighted by molar-refractivity contribution is 0.102. The summed E-state index contributed by atoms with van der Waals surface area (Å²) >= 11 is 0. The fourth-order valence-electron chi connectivity index (χ4n) is 2.76. The average molecular weight is 435 g/mol. The van der Waals surface area contributed by atoms with Gasteiger partial charge in [-0.2, -0.15) is 0 Å². The number of carbonyl (C=O) groups excluding carboxylic acids is 2. The van der Waals surface area contributed by atoms with E-state index in [0.717, 1.165) is 24.8 Å². The number of hydrogen-bond acceptors (Lipinski definition) is 6. The van der Waals surface area contributed by atoms with E-state index in [9.17, 15) is 19.5 Å². The van der Waals surface area contributed by atoms with Gasteiger partial charge >= 0.3 is 11.7 Å². The molecule has 0 fully saturated rings. The van der Waals surface area contributed by atoms with Gasteiger partial charge in [0.25, 0.3) is 0 Å². The maximum absolute atomic E-state index is 12.7. The maximum atomic E-state index is 12.7. The molecule has 0 saturated heterocycles. The van der Waals surface area contributed by atoms with Crippen LogP contribution in [0.2, 0.25) is 0 Å². The number of allylic oxidation sites excluding steroid dienone is 5. The van der Waals surface area contributed by atoms with Crippen molar-refractivity contribution in [2.45, 2.75) is 65.7 Å². The SMILES string of the molecule is [2H]C([2H])([2H])OC(=O)N/C=C/CCC(C)c1cc(O)c(C(=O)/C(C)=C/C=C(\C)CCCC)c(=O)o1. The van der Waals surface area contributed by atoms with Crippen LogP contribution in [0.3, 0.4) is 0 Å². The molecule has 0 aliphatic heterocycles. The van der Waals surface area contributed by atoms with E-state index in [2.05, 4.69) is 17.0 Å². The lowest BCUT2D eigenvalue weighted by Crippen LogP contribution is -2.16. The van der Waals surface area contributed by atoms with Crippen LogP contribution in [-0.4, -0.2) is 24.0 Å². The van der Waals surface area contributed by atoms with Gasteiger partial charge in [0, 0.05) is 18.2 Å². The number of ketones is 1. The quantitative estimate of drug-likeness (QED) is 0.276. The molecule has 7 nitrogen and oxygen atoms in total. The number of alkyl carbamates (subject to hydrolysis) is 1. The standard InChI is InChI=1S/C24H33NO6/c1-6-7-10-16(2)12-13-18(4)22(27)21-19(26)15-20(31-23(21)28)17(3)11-8-9-14-25-24(29)30-5/h9,12-15,17,26H,6-8,10-11H2,1-5H3,(H,25,29)/b14-9+,16-12+,18-13+/i5D3. The molecule has 1 aromatic rings. The Hall–Kier alpha value is -3.09. The van der Waals surface area contributed by atoms with E-state index >= 15 is 0 Å². The molecule has 31 heavy (non-hydrogen) atoms. The predicted octanol–water partition coefficient (Wildman–Crippen LogP) is 5.36. The van der Waals surface area contributed by atoms with E-state index in [1.54, 1.807) is 26.0 Å². The Kier molecular flexibility index (Phi) is 9.05. The number of carbonyl (C=O) groups is 2. The summed E-state index contributed by atoms with van der Waals surface area (Å²) in [6.45, 7) is 7.43. The van der Waals surface area contributed by atoms with E-state index in [1.165, 1.54) is 12.3 Å². The second kappa shape index (κ2) is 13.3. The highest BCUT2D eigenvalue weighted by atomic mass is 16.5. The van der Waals surface area contributed by atoms with Crippen LogP contribution in [0.25, 0.3) is 0 Å². The molecule has 0 bridgehead atoms. The molecule has 2 N–H and O–H groups in total. The zero-order chi connectivity index (χ0) is 25.9. The molecular formula is C24H33NO6. The molecule has 1 unspecified atom stereocenters. The summed E-state index contributed by atoms with van der Waals surface area (Å²) in [7, 11) is -2.82. The Bertz CT molecular complexity index is 1000. The highest BCUT2D eigenvalue weighted by molar-refractivity contribution is 6.09. The Morgan fingerprint density at radius 1 is 1.35 bits per heavy atom. The minimum Gasteiger partial charge on any atom is -0.507 e. The van der Waals surface area contributed by atoms with Gasteiger partial charge in [-0.3, -0.25) is 10.1 Å². The number of amides is 1. The van der Waals surface area contributed by atoms with Gasteiger partial charge in [-0.25, -0.2) is 9.59 Å². The third kappa shape index (κ3) is 8.66. The van der Waals surface area contributed by atoms with Crippen molar-refractivity contribution in [1.82, 2.24) is 5.32 Å². The number of unbranched alkanes of at least 4 members (excludes halogenated alkanes) is 1. The topological polar surface area (TPSA) is 106 Å². The lowest BCUT2D eigenvalue weighted by atomic mass is 9.99. The largest absolute Gasteiger partial charge is 0.507 e. The van der Waals surface area contributed by atoms with Crippen molar-refractivity contribution in [2.75, 3.05) is 7.04 Å². The second-order valence-electron chi connectivity index (χ2n) is 7.41. The first-order valence-electron chi connectivity index (χ1n) is 11.8. The summed E-state index contributed by atoms with van der Waals surface area (Å²) < 4.78 is 29.9. The zero-order valence-electron chi connectivity index (χ0n) is 21.5. The Morgan fingerprint density at radius 3 is 2.74 bits per heavy atom. The summed E-state index contributed by atoms with van der Waals surface area (Å²) in [5.41, 5.74) is 0.124. The monoisotopic (exact) mass is 434 g/mol. The summed E-state index contributed by atoms with van der Waals surface area (Å²) in [6, 6.07) is 1.27. The zero-order valence-corrected chi connectivity index (χ0v) is 18.5. The number of rotatable bonds is 11. The molecule has 7 heteroatoms. The van der Waals surface area contributed by atoms with E-state index in [-0.39, 0.29) is 11.7 Å². The van der Waals surface area contributed by atoms with Gasteiger partial charge in [-0.05, 0) is 45.1 Å². The van der Waals surface area contributed by atoms with Crippen molar-refractivity contribution in [3.05, 3.63) is 63.4 Å². The minimum atomic E-state index is -2.82. The number of hydrogen-bond donors (Lipinski definition) is 2. The van der Waals surface area contributed by atoms with E-state index in [0.29, 0.717) is 18.4 Å². The van der Waals surface area contributed by atoms with Crippen LogP contribution in [0, 0.1) is 0 Å². The molecule has 0 aliphatic carbocycles. The Labute approximate surface area is 187 Å². The minimum absolute atomic E-state index is 0.221. The summed E-state index contributed by atoms with van der Waals surface area (Å²) in [4.78, 5) is 36.4. The maximum Gasteiger partial charge on any atom is 0.410 e. The van der Waals surface area contributed by atoms with Crippen LogP contribution < -0.4 is 10.9 Å². The van der Waals surface area contributed by atoms with Crippen molar-refractivity contribution in [1.29, 1.82) is 0 Å². The van der Waals surface area contributed by atoms with Crippen LogP contribution >= 0.6 is 0 Å². The van der Waals surface area contributed by atoms with E-state index in [4.69, 9.17) is 8.53 Å². The molecule has 1 heterocycles. The van der Waals surface area contributed by atoms with Gasteiger partial charge in [-0.15, -0.1) is 0 Å². The molecule has 0 aliphatic rings. The van der Waals surface area contributed by atoms with Crippen molar-refractivity contribution in [3.63, 3.8) is 0 Å². The predicted molar refractivity (Wildman–Crippen MR) is 120 cm³/mol. The van der Waals surface area contributed by atoms with Crippen molar-refractivity contribution in [2.24, 2.45) is 0 Å². The van der Waals surface area contributed by atoms with Crippen molar-refractivity contribution in [3.8, 4) is 5.75 Å². The molecule has 0 saturated carbocycles. The first-order chi connectivity index (χ1) is 15.9. The van der Waals surface area contributed by atoms with Gasteiger partial charge in [0.15, 0.2) is 5.78 Å². The van der Waals surface area contributed by atoms with Crippen LogP contribution in [0.1, 0.15) is 85.9 Å². The third-order valence-corrected chi connectivity index (χ3v) is 4.74. The lowest BCUT2D eigenvalue weighted by Gasteiger charge is -2.11. The summed E-state index contributed by atoms with van der Waals surface area (Å²) in [6.07, 6.45) is 9.19. The molecule has 1 amide bonds. The molecule has 1 aromatic heterocycles. The molecule has 0 aromatic carbocycles. The summed E-state index contributed by atoms with van der Waals surface area (Å²) in [5, 5.41) is 12.5. The number of aromatic hydroxyl groups is 1. The number of Topliss-reactive ketones (excluding diaryl/α,β-unsaturated/α-hetero) is 1. The molecular weight excluding hydrogens is 398 g/mol. The van der Waals surface area contributed by atoms with Crippen molar-refractivity contribution < 1.29 is 28.0 Å². The fraction of sp³-hybridized carbons (Fsp3) is 0.458. The van der Waals surface area contributed by atoms with Crippen LogP contribution in [0.5, 0.6) is 5.75 Å². The number of ether oxygens (including phenoxy) is 1. The van der Waals surface area contributed by atoms with Gasteiger partial charge in [0.1, 0.15) is 17.1 Å². The van der Waals surface area contributed by atoms with Crippen LogP contribution in [0.15, 0.2) is 50.9 Å². The molecule has 170 valence electrons. The molecule has 0 spiro atoms. The molecule has 1 rings (SSSR count). The van der Waals surface area contributed by atoms with Gasteiger partial charge in [-0.1, -0.05) is 44.1 Å². The first-order valence-corrected chi connectivity index (χ1v) is 10.3. The Morgan fingerprint density at radius 2 is 2.10 bits per heavy atom. The molecule has 0 radical (unpaired) electrons. The van der Waals surface area contributed by atoms with E-state index < -0.39 is 35.9 Å². The van der Waals surface area contributed by atoms with Crippen LogP contribution in [-0.2, 0) is 4.74 Å². The number of nitrogens with one attached hydrogen (secondary N) is 1. The third-order valence-electron chi connectivity index (χ3n) is 4.74. The van der Waals surface area contributed by atoms with Gasteiger partial charge in [0.2, 0.25) is 0 Å². The molecule has 1 atom stereocenters. The van der Waals surface area contributed by atoms with Gasteiger partial charge < -0.3 is 14.3 Å².